The molecule has 3 atom stereocenters. The zero-order valence-electron chi connectivity index (χ0n) is 10.7. The van der Waals surface area contributed by atoms with Gasteiger partial charge in [0.05, 0.1) is 6.10 Å². The number of fused-ring (bicyclic) bond motifs is 1. The summed E-state index contributed by atoms with van der Waals surface area (Å²) in [7, 11) is 0. The molecule has 18 heavy (non-hydrogen) atoms. The molecule has 0 aliphatic carbocycles. The van der Waals surface area contributed by atoms with Crippen LogP contribution in [0.1, 0.15) is 25.3 Å². The molecule has 2 heterocycles. The lowest BCUT2D eigenvalue weighted by Crippen LogP contribution is -2.34. The third-order valence-corrected chi connectivity index (χ3v) is 3.90. The van der Waals surface area contributed by atoms with Crippen molar-refractivity contribution >= 4 is 0 Å². The topological polar surface area (TPSA) is 35.8 Å². The Bertz CT molecular complexity index is 457. The van der Waals surface area contributed by atoms with E-state index in [0.29, 0.717) is 6.42 Å². The third-order valence-electron chi connectivity index (χ3n) is 3.90. The van der Waals surface area contributed by atoms with Gasteiger partial charge in [-0.25, -0.2) is 0 Å². The minimum atomic E-state index is -0.317. The standard InChI is InChI=1S/C15H19NO2/c1-2-13(10-12-6-4-3-5-7-12)15-11-14(17)8-9-16(15)18-15/h2-7,14,17H,8-11H2,1H3/b13-2+/t14?,15-,16?/m0/s1. The van der Waals surface area contributed by atoms with Gasteiger partial charge in [-0.3, -0.25) is 4.84 Å². The average Bonchev–Trinajstić information content (AvgIpc) is 3.11. The summed E-state index contributed by atoms with van der Waals surface area (Å²) in [6.07, 6.45) is 4.28. The largest absolute Gasteiger partial charge is 0.393 e. The molecule has 0 radical (unpaired) electrons. The molecule has 0 aromatic heterocycles. The zero-order valence-corrected chi connectivity index (χ0v) is 10.7. The van der Waals surface area contributed by atoms with Crippen molar-refractivity contribution in [1.82, 2.24) is 5.06 Å². The summed E-state index contributed by atoms with van der Waals surface area (Å²) >= 11 is 0. The number of hydrogen-bond donors (Lipinski definition) is 1. The molecular weight excluding hydrogens is 226 g/mol. The van der Waals surface area contributed by atoms with Gasteiger partial charge in [0.2, 0.25) is 0 Å². The second-order valence-electron chi connectivity index (χ2n) is 5.10. The van der Waals surface area contributed by atoms with Crippen molar-refractivity contribution in [3.8, 4) is 0 Å². The number of allylic oxidation sites excluding steroid dienone is 1. The first kappa shape index (κ1) is 11.9. The summed E-state index contributed by atoms with van der Waals surface area (Å²) in [6, 6.07) is 10.4. The lowest BCUT2D eigenvalue weighted by Gasteiger charge is -2.24. The van der Waals surface area contributed by atoms with Crippen molar-refractivity contribution < 1.29 is 9.94 Å². The van der Waals surface area contributed by atoms with Crippen LogP contribution in [0.3, 0.4) is 0 Å². The maximum Gasteiger partial charge on any atom is 0.189 e. The van der Waals surface area contributed by atoms with Crippen LogP contribution < -0.4 is 0 Å². The van der Waals surface area contributed by atoms with Gasteiger partial charge in [-0.05, 0) is 30.9 Å². The number of hydrogen-bond acceptors (Lipinski definition) is 3. The van der Waals surface area contributed by atoms with Crippen LogP contribution in [-0.2, 0) is 11.3 Å². The van der Waals surface area contributed by atoms with E-state index in [1.165, 1.54) is 11.1 Å². The Hall–Kier alpha value is -1.16. The van der Waals surface area contributed by atoms with Crippen LogP contribution in [0, 0.1) is 0 Å². The van der Waals surface area contributed by atoms with Crippen LogP contribution in [0.4, 0.5) is 0 Å². The molecule has 2 aliphatic rings. The van der Waals surface area contributed by atoms with Crippen LogP contribution in [0.15, 0.2) is 42.0 Å². The Morgan fingerprint density at radius 1 is 1.50 bits per heavy atom. The van der Waals surface area contributed by atoms with Gasteiger partial charge in [0.25, 0.3) is 0 Å². The molecule has 2 unspecified atom stereocenters. The highest BCUT2D eigenvalue weighted by atomic mass is 16.9. The molecular formula is C15H19NO2. The smallest absolute Gasteiger partial charge is 0.189 e. The van der Waals surface area contributed by atoms with Gasteiger partial charge in [-0.15, -0.1) is 5.06 Å². The Morgan fingerprint density at radius 2 is 2.28 bits per heavy atom. The predicted molar refractivity (Wildman–Crippen MR) is 69.7 cm³/mol. The Kier molecular flexibility index (Phi) is 2.98. The summed E-state index contributed by atoms with van der Waals surface area (Å²) in [5.41, 5.74) is 2.23. The second-order valence-corrected chi connectivity index (χ2v) is 5.10. The van der Waals surface area contributed by atoms with Gasteiger partial charge >= 0.3 is 0 Å². The SMILES string of the molecule is C/C=C(\Cc1ccccc1)[C@@]12CC(O)CCN1O2. The first-order chi connectivity index (χ1) is 8.74. The van der Waals surface area contributed by atoms with Gasteiger partial charge in [-0.2, -0.15) is 0 Å². The number of piperidine rings is 1. The lowest BCUT2D eigenvalue weighted by atomic mass is 9.89. The molecule has 2 aliphatic heterocycles. The number of rotatable bonds is 3. The van der Waals surface area contributed by atoms with Crippen LogP contribution in [-0.4, -0.2) is 28.5 Å². The molecule has 1 aromatic rings. The summed E-state index contributed by atoms with van der Waals surface area (Å²) in [5.74, 6) is 0. The van der Waals surface area contributed by atoms with Crippen molar-refractivity contribution in [2.45, 2.75) is 38.0 Å². The number of benzene rings is 1. The van der Waals surface area contributed by atoms with Gasteiger partial charge in [0.15, 0.2) is 5.72 Å². The Balaban J connectivity index is 1.78. The maximum atomic E-state index is 9.85. The van der Waals surface area contributed by atoms with E-state index in [2.05, 4.69) is 30.3 Å². The van der Waals surface area contributed by atoms with Gasteiger partial charge in [-0.1, -0.05) is 36.4 Å². The molecule has 2 saturated heterocycles. The Morgan fingerprint density at radius 3 is 3.00 bits per heavy atom. The Labute approximate surface area is 108 Å². The molecule has 2 fully saturated rings. The maximum absolute atomic E-state index is 9.85. The summed E-state index contributed by atoms with van der Waals surface area (Å²) in [6.45, 7) is 2.88. The molecule has 3 rings (SSSR count). The van der Waals surface area contributed by atoms with Crippen molar-refractivity contribution in [3.63, 3.8) is 0 Å². The predicted octanol–water partition coefficient (Wildman–Crippen LogP) is 2.27. The van der Waals surface area contributed by atoms with Gasteiger partial charge in [0.1, 0.15) is 0 Å². The number of nitrogens with zero attached hydrogens (tertiary/aromatic N) is 1. The van der Waals surface area contributed by atoms with E-state index >= 15 is 0 Å². The zero-order chi connectivity index (χ0) is 12.6. The van der Waals surface area contributed by atoms with Crippen LogP contribution in [0.5, 0.6) is 0 Å². The van der Waals surface area contributed by atoms with Crippen LogP contribution in [0.25, 0.3) is 0 Å². The van der Waals surface area contributed by atoms with E-state index in [1.807, 2.05) is 18.1 Å². The van der Waals surface area contributed by atoms with E-state index < -0.39 is 0 Å². The van der Waals surface area contributed by atoms with Crippen molar-refractivity contribution in [3.05, 3.63) is 47.5 Å². The van der Waals surface area contributed by atoms with Crippen molar-refractivity contribution in [2.24, 2.45) is 0 Å². The molecule has 96 valence electrons. The minimum absolute atomic E-state index is 0.241. The molecule has 1 N–H and O–H groups in total. The fourth-order valence-corrected chi connectivity index (χ4v) is 2.85. The normalized spacial score (nSPS) is 35.1. The fourth-order valence-electron chi connectivity index (χ4n) is 2.85. The van der Waals surface area contributed by atoms with Crippen molar-refractivity contribution in [1.29, 1.82) is 0 Å². The first-order valence-electron chi connectivity index (χ1n) is 6.59. The van der Waals surface area contributed by atoms with E-state index in [0.717, 1.165) is 19.4 Å². The van der Waals surface area contributed by atoms with E-state index in [4.69, 9.17) is 4.84 Å². The lowest BCUT2D eigenvalue weighted by molar-refractivity contribution is 0.105. The highest BCUT2D eigenvalue weighted by Gasteiger charge is 2.60. The minimum Gasteiger partial charge on any atom is -0.393 e. The van der Waals surface area contributed by atoms with Crippen LogP contribution in [0.2, 0.25) is 0 Å². The van der Waals surface area contributed by atoms with Gasteiger partial charge in [0, 0.05) is 13.0 Å². The quantitative estimate of drug-likeness (QED) is 0.655. The van der Waals surface area contributed by atoms with Crippen molar-refractivity contribution in [2.75, 3.05) is 6.54 Å². The van der Waals surface area contributed by atoms with E-state index in [1.54, 1.807) is 0 Å². The third kappa shape index (κ3) is 1.99. The average molecular weight is 245 g/mol. The number of aliphatic hydroxyl groups is 1. The number of hydroxylamine groups is 2. The number of aliphatic hydroxyl groups excluding tert-OH is 1. The second kappa shape index (κ2) is 4.50. The molecule has 0 saturated carbocycles. The molecule has 3 heteroatoms. The highest BCUT2D eigenvalue weighted by molar-refractivity contribution is 5.29. The molecule has 0 spiro atoms. The molecule has 3 nitrogen and oxygen atoms in total. The van der Waals surface area contributed by atoms with E-state index in [-0.39, 0.29) is 11.8 Å². The van der Waals surface area contributed by atoms with Crippen LogP contribution >= 0.6 is 0 Å². The van der Waals surface area contributed by atoms with Gasteiger partial charge < -0.3 is 5.11 Å². The molecule has 0 bridgehead atoms. The monoisotopic (exact) mass is 245 g/mol. The summed E-state index contributed by atoms with van der Waals surface area (Å²) < 4.78 is 0. The highest BCUT2D eigenvalue weighted by Crippen LogP contribution is 2.49. The first-order valence-corrected chi connectivity index (χ1v) is 6.59. The molecule has 1 aromatic carbocycles. The fraction of sp³-hybridized carbons (Fsp3) is 0.467. The summed E-state index contributed by atoms with van der Waals surface area (Å²) in [4.78, 5) is 5.77. The summed E-state index contributed by atoms with van der Waals surface area (Å²) in [5, 5.41) is 11.9. The molecule has 0 amide bonds. The van der Waals surface area contributed by atoms with E-state index in [9.17, 15) is 5.11 Å².